The Morgan fingerprint density at radius 1 is 1.39 bits per heavy atom. The second-order valence-electron chi connectivity index (χ2n) is 4.96. The van der Waals surface area contributed by atoms with Crippen molar-refractivity contribution in [3.05, 3.63) is 57.7 Å². The SMILES string of the molecule is CC(=O)N[C@@H](C)C=Cc1ccc(Oc2ccc(Br)c(Cl)c2)nc1. The quantitative estimate of drug-likeness (QED) is 0.789. The molecule has 0 saturated carbocycles. The minimum Gasteiger partial charge on any atom is -0.439 e. The molecule has 1 atom stereocenters. The number of pyridine rings is 1. The fourth-order valence-corrected chi connectivity index (χ4v) is 2.25. The number of halogens is 2. The first-order valence-corrected chi connectivity index (χ1v) is 8.15. The highest BCUT2D eigenvalue weighted by Gasteiger charge is 2.03. The van der Waals surface area contributed by atoms with Crippen molar-refractivity contribution in [2.24, 2.45) is 0 Å². The van der Waals surface area contributed by atoms with Crippen molar-refractivity contribution < 1.29 is 9.53 Å². The molecule has 120 valence electrons. The summed E-state index contributed by atoms with van der Waals surface area (Å²) in [5.74, 6) is 1.04. The van der Waals surface area contributed by atoms with Crippen LogP contribution in [0.25, 0.3) is 6.08 Å². The molecule has 1 aromatic carbocycles. The predicted octanol–water partition coefficient (Wildman–Crippen LogP) is 4.83. The van der Waals surface area contributed by atoms with E-state index in [0.717, 1.165) is 10.0 Å². The molecule has 0 saturated heterocycles. The van der Waals surface area contributed by atoms with Gasteiger partial charge in [-0.3, -0.25) is 4.79 Å². The molecule has 2 rings (SSSR count). The maximum atomic E-state index is 10.9. The Morgan fingerprint density at radius 2 is 2.17 bits per heavy atom. The minimum absolute atomic E-state index is 0.0340. The van der Waals surface area contributed by atoms with Crippen molar-refractivity contribution in [1.82, 2.24) is 10.3 Å². The molecule has 0 bridgehead atoms. The van der Waals surface area contributed by atoms with E-state index in [1.54, 1.807) is 24.4 Å². The number of amides is 1. The average molecular weight is 396 g/mol. The van der Waals surface area contributed by atoms with Gasteiger partial charge in [-0.25, -0.2) is 4.98 Å². The van der Waals surface area contributed by atoms with Gasteiger partial charge in [-0.05, 0) is 46.6 Å². The third-order valence-electron chi connectivity index (χ3n) is 2.88. The molecular formula is C17H16BrClN2O2. The first-order chi connectivity index (χ1) is 10.9. The number of carbonyl (C=O) groups is 1. The Bertz CT molecular complexity index is 717. The zero-order valence-corrected chi connectivity index (χ0v) is 15.1. The molecule has 6 heteroatoms. The molecule has 0 fully saturated rings. The van der Waals surface area contributed by atoms with E-state index in [0.29, 0.717) is 16.7 Å². The van der Waals surface area contributed by atoms with Crippen LogP contribution in [0.3, 0.4) is 0 Å². The van der Waals surface area contributed by atoms with Gasteiger partial charge in [-0.1, -0.05) is 23.8 Å². The molecule has 2 aromatic rings. The Labute approximate surface area is 148 Å². The molecule has 0 unspecified atom stereocenters. The van der Waals surface area contributed by atoms with E-state index < -0.39 is 0 Å². The van der Waals surface area contributed by atoms with Crippen LogP contribution in [0, 0.1) is 0 Å². The van der Waals surface area contributed by atoms with Crippen molar-refractivity contribution >= 4 is 39.5 Å². The Balaban J connectivity index is 2.00. The topological polar surface area (TPSA) is 51.2 Å². The molecule has 0 radical (unpaired) electrons. The van der Waals surface area contributed by atoms with Crippen molar-refractivity contribution in [3.63, 3.8) is 0 Å². The van der Waals surface area contributed by atoms with E-state index in [-0.39, 0.29) is 11.9 Å². The summed E-state index contributed by atoms with van der Waals surface area (Å²) in [5.41, 5.74) is 0.920. The van der Waals surface area contributed by atoms with Gasteiger partial charge in [0.05, 0.1) is 5.02 Å². The third-order valence-corrected chi connectivity index (χ3v) is 4.11. The van der Waals surface area contributed by atoms with Crippen LogP contribution in [0.15, 0.2) is 47.1 Å². The van der Waals surface area contributed by atoms with Gasteiger partial charge >= 0.3 is 0 Å². The third kappa shape index (κ3) is 5.69. The average Bonchev–Trinajstić information content (AvgIpc) is 2.50. The molecule has 4 nitrogen and oxygen atoms in total. The van der Waals surface area contributed by atoms with E-state index in [4.69, 9.17) is 16.3 Å². The van der Waals surface area contributed by atoms with E-state index in [1.165, 1.54) is 6.92 Å². The summed E-state index contributed by atoms with van der Waals surface area (Å²) in [6.07, 6.45) is 5.49. The van der Waals surface area contributed by atoms with Gasteiger partial charge in [0.25, 0.3) is 0 Å². The van der Waals surface area contributed by atoms with Crippen LogP contribution < -0.4 is 10.1 Å². The van der Waals surface area contributed by atoms with Crippen LogP contribution >= 0.6 is 27.5 Å². The lowest BCUT2D eigenvalue weighted by atomic mass is 10.2. The first-order valence-electron chi connectivity index (χ1n) is 6.98. The molecule has 0 aliphatic rings. The highest BCUT2D eigenvalue weighted by Crippen LogP contribution is 2.29. The monoisotopic (exact) mass is 394 g/mol. The number of benzene rings is 1. The predicted molar refractivity (Wildman–Crippen MR) is 95.8 cm³/mol. The van der Waals surface area contributed by atoms with Crippen LogP contribution in [-0.2, 0) is 4.79 Å². The smallest absolute Gasteiger partial charge is 0.219 e. The standard InChI is InChI=1S/C17H16BrClN2O2/c1-11(21-12(2)22)3-4-13-5-8-17(20-10-13)23-14-6-7-15(18)16(19)9-14/h3-11H,1-2H3,(H,21,22)/t11-/m0/s1. The summed E-state index contributed by atoms with van der Waals surface area (Å²) < 4.78 is 6.46. The summed E-state index contributed by atoms with van der Waals surface area (Å²) in [6, 6.07) is 8.97. The van der Waals surface area contributed by atoms with Gasteiger partial charge in [0, 0.05) is 35.8 Å². The maximum absolute atomic E-state index is 10.9. The molecule has 1 aromatic heterocycles. The lowest BCUT2D eigenvalue weighted by Crippen LogP contribution is -2.28. The van der Waals surface area contributed by atoms with Crippen molar-refractivity contribution in [3.8, 4) is 11.6 Å². The summed E-state index contributed by atoms with van der Waals surface area (Å²) in [7, 11) is 0. The number of carbonyl (C=O) groups excluding carboxylic acids is 1. The minimum atomic E-state index is -0.0582. The normalized spacial score (nSPS) is 12.2. The number of ether oxygens (including phenoxy) is 1. The van der Waals surface area contributed by atoms with E-state index >= 15 is 0 Å². The van der Waals surface area contributed by atoms with Crippen LogP contribution in [0.5, 0.6) is 11.6 Å². The van der Waals surface area contributed by atoms with Crippen LogP contribution in [-0.4, -0.2) is 16.9 Å². The summed E-state index contributed by atoms with van der Waals surface area (Å²) in [6.45, 7) is 3.40. The molecular weight excluding hydrogens is 380 g/mol. The van der Waals surface area contributed by atoms with Crippen LogP contribution in [0.1, 0.15) is 19.4 Å². The highest BCUT2D eigenvalue weighted by molar-refractivity contribution is 9.10. The maximum Gasteiger partial charge on any atom is 0.219 e. The number of rotatable bonds is 5. The fraction of sp³-hybridized carbons (Fsp3) is 0.176. The lowest BCUT2D eigenvalue weighted by Gasteiger charge is -2.07. The van der Waals surface area contributed by atoms with E-state index in [2.05, 4.69) is 26.2 Å². The summed E-state index contributed by atoms with van der Waals surface area (Å²) in [4.78, 5) is 15.2. The summed E-state index contributed by atoms with van der Waals surface area (Å²) >= 11 is 9.36. The van der Waals surface area contributed by atoms with Crippen molar-refractivity contribution in [1.29, 1.82) is 0 Å². The van der Waals surface area contributed by atoms with Gasteiger partial charge in [-0.15, -0.1) is 0 Å². The zero-order chi connectivity index (χ0) is 16.8. The fourth-order valence-electron chi connectivity index (χ4n) is 1.84. The molecule has 0 spiro atoms. The number of nitrogens with one attached hydrogen (secondary N) is 1. The molecule has 0 aliphatic carbocycles. The van der Waals surface area contributed by atoms with Gasteiger partial charge in [-0.2, -0.15) is 0 Å². The number of hydrogen-bond donors (Lipinski definition) is 1. The van der Waals surface area contributed by atoms with E-state index in [9.17, 15) is 4.79 Å². The zero-order valence-electron chi connectivity index (χ0n) is 12.7. The highest BCUT2D eigenvalue weighted by atomic mass is 79.9. The lowest BCUT2D eigenvalue weighted by molar-refractivity contribution is -0.119. The van der Waals surface area contributed by atoms with Crippen LogP contribution in [0.2, 0.25) is 5.02 Å². The number of hydrogen-bond acceptors (Lipinski definition) is 3. The number of nitrogens with zero attached hydrogens (tertiary/aromatic N) is 1. The molecule has 23 heavy (non-hydrogen) atoms. The Morgan fingerprint density at radius 3 is 2.78 bits per heavy atom. The number of aromatic nitrogens is 1. The van der Waals surface area contributed by atoms with Crippen molar-refractivity contribution in [2.75, 3.05) is 0 Å². The molecule has 1 N–H and O–H groups in total. The van der Waals surface area contributed by atoms with Gasteiger partial charge < -0.3 is 10.1 Å². The van der Waals surface area contributed by atoms with Gasteiger partial charge in [0.1, 0.15) is 5.75 Å². The molecule has 1 amide bonds. The Hall–Kier alpha value is -1.85. The van der Waals surface area contributed by atoms with Gasteiger partial charge in [0.2, 0.25) is 11.8 Å². The molecule has 0 aliphatic heterocycles. The van der Waals surface area contributed by atoms with Crippen LogP contribution in [0.4, 0.5) is 0 Å². The summed E-state index contributed by atoms with van der Waals surface area (Å²) in [5, 5.41) is 3.36. The molecule has 1 heterocycles. The Kier molecular flexibility index (Phi) is 6.19. The second-order valence-corrected chi connectivity index (χ2v) is 6.22. The second kappa shape index (κ2) is 8.13. The largest absolute Gasteiger partial charge is 0.439 e. The van der Waals surface area contributed by atoms with Gasteiger partial charge in [0.15, 0.2) is 0 Å². The first kappa shape index (κ1) is 17.5. The van der Waals surface area contributed by atoms with Crippen molar-refractivity contribution in [2.45, 2.75) is 19.9 Å². The van der Waals surface area contributed by atoms with E-state index in [1.807, 2.05) is 31.2 Å².